The lowest BCUT2D eigenvalue weighted by atomic mass is 9.91. The van der Waals surface area contributed by atoms with Crippen LogP contribution in [-0.4, -0.2) is 48.4 Å². The Hall–Kier alpha value is -1.39. The van der Waals surface area contributed by atoms with Crippen molar-refractivity contribution in [3.8, 4) is 0 Å². The lowest BCUT2D eigenvalue weighted by molar-refractivity contribution is -0.138. The van der Waals surface area contributed by atoms with Crippen LogP contribution in [-0.2, 0) is 10.3 Å². The Morgan fingerprint density at radius 1 is 1.21 bits per heavy atom. The van der Waals surface area contributed by atoms with E-state index in [1.54, 1.807) is 6.92 Å². The summed E-state index contributed by atoms with van der Waals surface area (Å²) >= 11 is 0. The van der Waals surface area contributed by atoms with E-state index in [1.165, 1.54) is 0 Å². The van der Waals surface area contributed by atoms with Gasteiger partial charge in [0.25, 0.3) is 0 Å². The van der Waals surface area contributed by atoms with Gasteiger partial charge in [0.2, 0.25) is 5.91 Å². The van der Waals surface area contributed by atoms with Gasteiger partial charge in [-0.05, 0) is 19.0 Å². The normalized spacial score (nSPS) is 20.1. The first kappa shape index (κ1) is 14.0. The molecule has 0 aliphatic carbocycles. The van der Waals surface area contributed by atoms with Crippen LogP contribution in [0.2, 0.25) is 0 Å². The highest BCUT2D eigenvalue weighted by atomic mass is 16.2. The summed E-state index contributed by atoms with van der Waals surface area (Å²) in [6, 6.07) is 9.61. The molecule has 2 N–H and O–H groups in total. The molecule has 1 unspecified atom stereocenters. The number of rotatable bonds is 3. The minimum Gasteiger partial charge on any atom is -0.338 e. The molecule has 1 aromatic rings. The van der Waals surface area contributed by atoms with Gasteiger partial charge in [-0.15, -0.1) is 0 Å². The Bertz CT molecular complexity index is 422. The molecule has 1 amide bonds. The highest BCUT2D eigenvalue weighted by molar-refractivity contribution is 5.87. The summed E-state index contributed by atoms with van der Waals surface area (Å²) < 4.78 is 0. The maximum Gasteiger partial charge on any atom is 0.247 e. The summed E-state index contributed by atoms with van der Waals surface area (Å²) in [6.07, 6.45) is 0. The van der Waals surface area contributed by atoms with E-state index in [9.17, 15) is 4.79 Å². The molecule has 1 aliphatic heterocycles. The maximum absolute atomic E-state index is 12.6. The molecular formula is C15H23N3O. The van der Waals surface area contributed by atoms with Gasteiger partial charge < -0.3 is 15.5 Å². The molecule has 1 fully saturated rings. The number of hydrogen-bond acceptors (Lipinski definition) is 3. The first-order valence-electron chi connectivity index (χ1n) is 6.92. The van der Waals surface area contributed by atoms with Crippen LogP contribution in [0.4, 0.5) is 0 Å². The first-order chi connectivity index (χ1) is 9.05. The molecule has 1 aliphatic rings. The van der Waals surface area contributed by atoms with Gasteiger partial charge in [0.15, 0.2) is 0 Å². The van der Waals surface area contributed by atoms with E-state index < -0.39 is 5.54 Å². The summed E-state index contributed by atoms with van der Waals surface area (Å²) in [6.45, 7) is 8.41. The second kappa shape index (κ2) is 5.72. The van der Waals surface area contributed by atoms with Gasteiger partial charge in [-0.3, -0.25) is 4.79 Å². The van der Waals surface area contributed by atoms with Crippen LogP contribution in [0.5, 0.6) is 0 Å². The van der Waals surface area contributed by atoms with Gasteiger partial charge in [-0.25, -0.2) is 0 Å². The van der Waals surface area contributed by atoms with E-state index in [4.69, 9.17) is 5.73 Å². The largest absolute Gasteiger partial charge is 0.338 e. The number of carbonyl (C=O) groups excluding carboxylic acids is 1. The fourth-order valence-corrected chi connectivity index (χ4v) is 2.50. The SMILES string of the molecule is CCN1CCN(C(=O)C(C)(N)c2ccccc2)CC1. The quantitative estimate of drug-likeness (QED) is 0.884. The van der Waals surface area contributed by atoms with Crippen molar-refractivity contribution in [1.82, 2.24) is 9.80 Å². The lowest BCUT2D eigenvalue weighted by Crippen LogP contribution is -2.56. The zero-order valence-corrected chi connectivity index (χ0v) is 11.8. The third kappa shape index (κ3) is 2.96. The Morgan fingerprint density at radius 2 is 1.79 bits per heavy atom. The molecule has 19 heavy (non-hydrogen) atoms. The fraction of sp³-hybridized carbons (Fsp3) is 0.533. The highest BCUT2D eigenvalue weighted by Crippen LogP contribution is 2.21. The molecule has 1 heterocycles. The number of amides is 1. The van der Waals surface area contributed by atoms with Crippen LogP contribution in [0.15, 0.2) is 30.3 Å². The van der Waals surface area contributed by atoms with Gasteiger partial charge in [-0.2, -0.15) is 0 Å². The van der Waals surface area contributed by atoms with Gasteiger partial charge in [0.1, 0.15) is 5.54 Å². The molecule has 1 aromatic carbocycles. The molecule has 4 nitrogen and oxygen atoms in total. The highest BCUT2D eigenvalue weighted by Gasteiger charge is 2.35. The Morgan fingerprint density at radius 3 is 2.32 bits per heavy atom. The summed E-state index contributed by atoms with van der Waals surface area (Å²) in [4.78, 5) is 16.8. The Balaban J connectivity index is 2.07. The second-order valence-electron chi connectivity index (χ2n) is 5.29. The third-order valence-electron chi connectivity index (χ3n) is 3.92. The molecule has 2 rings (SSSR count). The monoisotopic (exact) mass is 261 g/mol. The van der Waals surface area contributed by atoms with Crippen molar-refractivity contribution in [2.24, 2.45) is 5.73 Å². The van der Waals surface area contributed by atoms with Crippen LogP contribution in [0.25, 0.3) is 0 Å². The molecule has 0 radical (unpaired) electrons. The predicted molar refractivity (Wildman–Crippen MR) is 76.7 cm³/mol. The summed E-state index contributed by atoms with van der Waals surface area (Å²) in [7, 11) is 0. The van der Waals surface area contributed by atoms with E-state index in [0.29, 0.717) is 0 Å². The smallest absolute Gasteiger partial charge is 0.247 e. The minimum absolute atomic E-state index is 0.0226. The van der Waals surface area contributed by atoms with Crippen LogP contribution < -0.4 is 5.73 Å². The second-order valence-corrected chi connectivity index (χ2v) is 5.29. The predicted octanol–water partition coefficient (Wildman–Crippen LogP) is 1.02. The van der Waals surface area contributed by atoms with Crippen molar-refractivity contribution in [2.75, 3.05) is 32.7 Å². The minimum atomic E-state index is -0.935. The zero-order valence-electron chi connectivity index (χ0n) is 11.8. The van der Waals surface area contributed by atoms with Crippen LogP contribution in [0.1, 0.15) is 19.4 Å². The standard InChI is InChI=1S/C15H23N3O/c1-3-17-9-11-18(12-10-17)14(19)15(2,16)13-7-5-4-6-8-13/h4-8H,3,9-12,16H2,1-2H3. The van der Waals surface area contributed by atoms with E-state index in [1.807, 2.05) is 35.2 Å². The van der Waals surface area contributed by atoms with Gasteiger partial charge in [-0.1, -0.05) is 37.3 Å². The number of likely N-dealkylation sites (N-methyl/N-ethyl adjacent to an activating group) is 1. The number of carbonyl (C=O) groups is 1. The van der Waals surface area contributed by atoms with Crippen molar-refractivity contribution in [1.29, 1.82) is 0 Å². The number of nitrogens with zero attached hydrogens (tertiary/aromatic N) is 2. The Kier molecular flexibility index (Phi) is 4.22. The Labute approximate surface area is 115 Å². The van der Waals surface area contributed by atoms with Gasteiger partial charge in [0.05, 0.1) is 0 Å². The third-order valence-corrected chi connectivity index (χ3v) is 3.92. The number of nitrogens with two attached hydrogens (primary N) is 1. The van der Waals surface area contributed by atoms with Crippen molar-refractivity contribution in [2.45, 2.75) is 19.4 Å². The number of benzene rings is 1. The lowest BCUT2D eigenvalue weighted by Gasteiger charge is -2.38. The van der Waals surface area contributed by atoms with E-state index in [-0.39, 0.29) is 5.91 Å². The molecule has 1 atom stereocenters. The van der Waals surface area contributed by atoms with Crippen LogP contribution >= 0.6 is 0 Å². The average Bonchev–Trinajstić information content (AvgIpc) is 2.47. The topological polar surface area (TPSA) is 49.6 Å². The number of piperazine rings is 1. The van der Waals surface area contributed by atoms with Crippen molar-refractivity contribution in [3.05, 3.63) is 35.9 Å². The molecule has 1 saturated heterocycles. The first-order valence-corrected chi connectivity index (χ1v) is 6.92. The summed E-state index contributed by atoms with van der Waals surface area (Å²) in [5.74, 6) is 0.0226. The van der Waals surface area contributed by atoms with Crippen LogP contribution in [0, 0.1) is 0 Å². The molecular weight excluding hydrogens is 238 g/mol. The van der Waals surface area contributed by atoms with Crippen LogP contribution in [0.3, 0.4) is 0 Å². The fourth-order valence-electron chi connectivity index (χ4n) is 2.50. The van der Waals surface area contributed by atoms with E-state index in [2.05, 4.69) is 11.8 Å². The van der Waals surface area contributed by atoms with Crippen molar-refractivity contribution < 1.29 is 4.79 Å². The molecule has 0 aromatic heterocycles. The molecule has 0 bridgehead atoms. The molecule has 104 valence electrons. The molecule has 0 spiro atoms. The molecule has 4 heteroatoms. The van der Waals surface area contributed by atoms with Gasteiger partial charge in [0, 0.05) is 26.2 Å². The van der Waals surface area contributed by atoms with E-state index >= 15 is 0 Å². The summed E-state index contributed by atoms with van der Waals surface area (Å²) in [5.41, 5.74) is 6.21. The van der Waals surface area contributed by atoms with Gasteiger partial charge >= 0.3 is 0 Å². The van der Waals surface area contributed by atoms with E-state index in [0.717, 1.165) is 38.3 Å². The molecule has 0 saturated carbocycles. The zero-order chi connectivity index (χ0) is 13.9. The average molecular weight is 261 g/mol. The van der Waals surface area contributed by atoms with Crippen molar-refractivity contribution in [3.63, 3.8) is 0 Å². The maximum atomic E-state index is 12.6. The number of hydrogen-bond donors (Lipinski definition) is 1. The summed E-state index contributed by atoms with van der Waals surface area (Å²) in [5, 5.41) is 0. The van der Waals surface area contributed by atoms with Crippen molar-refractivity contribution >= 4 is 5.91 Å².